The van der Waals surface area contributed by atoms with E-state index in [1.807, 2.05) is 0 Å². The van der Waals surface area contributed by atoms with Crippen LogP contribution in [0.1, 0.15) is 0 Å². The first kappa shape index (κ1) is 34.5. The fourth-order valence-corrected chi connectivity index (χ4v) is 19.5. The molecule has 0 bridgehead atoms. The van der Waals surface area contributed by atoms with Crippen molar-refractivity contribution >= 4 is 72.9 Å². The Bertz CT molecular complexity index is 1440. The van der Waals surface area contributed by atoms with Gasteiger partial charge in [-0.05, 0) is 12.2 Å². The van der Waals surface area contributed by atoms with Crippen LogP contribution in [0.25, 0.3) is 0 Å². The van der Waals surface area contributed by atoms with Crippen molar-refractivity contribution in [3.63, 3.8) is 0 Å². The van der Waals surface area contributed by atoms with E-state index >= 15 is 0 Å². The van der Waals surface area contributed by atoms with Gasteiger partial charge >= 0.3 is 243 Å². The van der Waals surface area contributed by atoms with Gasteiger partial charge in [0, 0.05) is 0 Å². The second-order valence-corrected chi connectivity index (χ2v) is 24.1. The molecule has 0 saturated heterocycles. The third-order valence-corrected chi connectivity index (χ3v) is 22.3. The number of aliphatic carboxylic acids is 2. The van der Waals surface area contributed by atoms with Crippen molar-refractivity contribution in [2.24, 2.45) is 0 Å². The summed E-state index contributed by atoms with van der Waals surface area (Å²) in [6, 6.07) is 65.9. The molecule has 0 amide bonds. The number of carboxylic acids is 2. The average Bonchev–Trinajstić information content (AvgIpc) is 3.11. The zero-order chi connectivity index (χ0) is 32.4. The van der Waals surface area contributed by atoms with Crippen molar-refractivity contribution in [1.29, 1.82) is 0 Å². The van der Waals surface area contributed by atoms with Crippen LogP contribution in [0.15, 0.2) is 194 Å². The maximum atomic E-state index is 9.41. The van der Waals surface area contributed by atoms with Crippen LogP contribution < -0.4 is 31.7 Å². The van der Waals surface area contributed by atoms with Crippen molar-refractivity contribution < 1.29 is 19.8 Å². The Kier molecular flexibility index (Phi) is 14.4. The van der Waals surface area contributed by atoms with E-state index in [2.05, 4.69) is 182 Å². The van der Waals surface area contributed by atoms with Crippen molar-refractivity contribution in [3.8, 4) is 0 Å². The average molecular weight is 814 g/mol. The summed E-state index contributed by atoms with van der Waals surface area (Å²) >= 11 is -3.96. The molecule has 0 aliphatic heterocycles. The molecule has 0 aromatic heterocycles. The molecule has 0 N–H and O–H groups in total. The second kappa shape index (κ2) is 19.2. The molecule has 0 heterocycles. The zero-order valence-electron chi connectivity index (χ0n) is 25.1. The summed E-state index contributed by atoms with van der Waals surface area (Å²) in [7, 11) is 0. The van der Waals surface area contributed by atoms with Crippen molar-refractivity contribution in [3.05, 3.63) is 194 Å². The summed E-state index contributed by atoms with van der Waals surface area (Å²) in [5.41, 5.74) is 0. The summed E-state index contributed by atoms with van der Waals surface area (Å²) in [5.74, 6) is -3.09. The molecule has 0 saturated carbocycles. The Labute approximate surface area is 284 Å². The molecule has 6 aromatic rings. The predicted octanol–water partition coefficient (Wildman–Crippen LogP) is 1.45. The summed E-state index contributed by atoms with van der Waals surface area (Å²) in [6.07, 6.45) is 0.769. The van der Waals surface area contributed by atoms with Gasteiger partial charge in [0.05, 0.1) is 11.9 Å². The zero-order valence-corrected chi connectivity index (χ0v) is 30.8. The van der Waals surface area contributed by atoms with E-state index in [4.69, 9.17) is 0 Å². The van der Waals surface area contributed by atoms with Gasteiger partial charge in [-0.2, -0.15) is 0 Å². The fraction of sp³-hybridized carbons (Fsp3) is 0. The number of carbonyl (C=O) groups is 2. The third-order valence-electron chi connectivity index (χ3n) is 6.73. The van der Waals surface area contributed by atoms with Crippen molar-refractivity contribution in [2.45, 2.75) is 0 Å². The minimum absolute atomic E-state index is 0.384. The Morgan fingerprint density at radius 1 is 0.326 bits per heavy atom. The van der Waals surface area contributed by atoms with Gasteiger partial charge < -0.3 is 19.8 Å². The van der Waals surface area contributed by atoms with E-state index < -0.39 is 51.5 Å². The van der Waals surface area contributed by atoms with E-state index in [1.54, 1.807) is 0 Å². The normalized spacial score (nSPS) is 10.0. The molecule has 0 atom stereocenters. The number of benzene rings is 6. The first-order chi connectivity index (χ1) is 22.5. The fourth-order valence-electron chi connectivity index (χ4n) is 4.76. The molecule has 0 spiro atoms. The van der Waals surface area contributed by atoms with Gasteiger partial charge in [-0.25, -0.2) is 0 Å². The van der Waals surface area contributed by atoms with Gasteiger partial charge in [0.25, 0.3) is 0 Å². The first-order valence-corrected chi connectivity index (χ1v) is 23.3. The molecule has 6 rings (SSSR count). The minimum atomic E-state index is -1.98. The quantitative estimate of drug-likeness (QED) is 0.172. The van der Waals surface area contributed by atoms with Crippen LogP contribution in [0.3, 0.4) is 0 Å². The maximum absolute atomic E-state index is 9.41. The van der Waals surface area contributed by atoms with Gasteiger partial charge in [-0.3, -0.25) is 0 Å². The number of hydrogen-bond acceptors (Lipinski definition) is 4. The van der Waals surface area contributed by atoms with Crippen molar-refractivity contribution in [1.82, 2.24) is 0 Å². The van der Waals surface area contributed by atoms with Crippen LogP contribution >= 0.6 is 0 Å². The van der Waals surface area contributed by atoms with E-state index in [0.717, 1.165) is 0 Å². The Hall–Kier alpha value is -4.40. The van der Waals surface area contributed by atoms with Crippen LogP contribution in [0, 0.1) is 0 Å². The van der Waals surface area contributed by atoms with Gasteiger partial charge in [0.15, 0.2) is 0 Å². The molecule has 0 aliphatic carbocycles. The van der Waals surface area contributed by atoms with Gasteiger partial charge in [0.1, 0.15) is 0 Å². The molecule has 46 heavy (non-hydrogen) atoms. The monoisotopic (exact) mass is 816 g/mol. The molecule has 6 heteroatoms. The SMILES string of the molecule is O=C([O-])/C=C/C(=O)[O-].c1cc[c]([Sn+]([c]2ccccc2)[c]2ccccc2)cc1.c1cc[c]([Sn+]([c]2ccccc2)[c]2ccccc2)cc1. The van der Waals surface area contributed by atoms with Gasteiger partial charge in [0.2, 0.25) is 0 Å². The predicted molar refractivity (Wildman–Crippen MR) is 187 cm³/mol. The van der Waals surface area contributed by atoms with Crippen LogP contribution in [-0.2, 0) is 9.59 Å². The first-order valence-electron chi connectivity index (χ1n) is 14.7. The molecule has 0 aliphatic rings. The number of carbonyl (C=O) groups excluding carboxylic acids is 2. The summed E-state index contributed by atoms with van der Waals surface area (Å²) in [6.45, 7) is 0. The standard InChI is InChI=1S/6C6H5.C4H4O4.2Sn/c6*1-2-4-6-5-3-1;5-3(6)1-2-4(7)8;;/h6*1-5H;1-2H,(H,5,6)(H,7,8);;/q;;;;;;;2*+1/p-2/b;;;;;;2-1+;;. The summed E-state index contributed by atoms with van der Waals surface area (Å²) in [4.78, 5) is 18.8. The van der Waals surface area contributed by atoms with Crippen LogP contribution in [0.4, 0.5) is 0 Å². The summed E-state index contributed by atoms with van der Waals surface area (Å²) in [5, 5.41) is 18.8. The second-order valence-electron chi connectivity index (χ2n) is 9.92. The van der Waals surface area contributed by atoms with Crippen LogP contribution in [0.5, 0.6) is 0 Å². The number of carboxylic acid groups (broad SMARTS) is 2. The molecular formula is C40H32O4Sn2. The molecule has 0 radical (unpaired) electrons. The third kappa shape index (κ3) is 11.2. The van der Waals surface area contributed by atoms with Gasteiger partial charge in [-0.1, -0.05) is 0 Å². The topological polar surface area (TPSA) is 80.3 Å². The van der Waals surface area contributed by atoms with Crippen molar-refractivity contribution in [2.75, 3.05) is 0 Å². The van der Waals surface area contributed by atoms with Crippen LogP contribution in [0.2, 0.25) is 0 Å². The molecule has 0 unspecified atom stereocenters. The molecule has 224 valence electrons. The van der Waals surface area contributed by atoms with E-state index in [9.17, 15) is 19.8 Å². The van der Waals surface area contributed by atoms with E-state index in [0.29, 0.717) is 12.2 Å². The Morgan fingerprint density at radius 2 is 0.478 bits per heavy atom. The molecular weight excluding hydrogens is 782 g/mol. The van der Waals surface area contributed by atoms with Gasteiger partial charge in [-0.15, -0.1) is 0 Å². The number of rotatable bonds is 8. The Balaban J connectivity index is 0.000000170. The van der Waals surface area contributed by atoms with Crippen LogP contribution in [-0.4, -0.2) is 51.5 Å². The summed E-state index contributed by atoms with van der Waals surface area (Å²) < 4.78 is 9.18. The van der Waals surface area contributed by atoms with E-state index in [1.165, 1.54) is 21.5 Å². The molecule has 6 aromatic carbocycles. The van der Waals surface area contributed by atoms with E-state index in [-0.39, 0.29) is 0 Å². The molecule has 4 nitrogen and oxygen atoms in total. The molecule has 0 fully saturated rings. The number of hydrogen-bond donors (Lipinski definition) is 0. The Morgan fingerprint density at radius 3 is 0.609 bits per heavy atom.